The Labute approximate surface area is 130 Å². The molecule has 1 amide bonds. The fourth-order valence-corrected chi connectivity index (χ4v) is 2.87. The molecular weight excluding hydrogens is 284 g/mol. The van der Waals surface area contributed by atoms with Crippen LogP contribution in [0.3, 0.4) is 0 Å². The monoisotopic (exact) mass is 308 g/mol. The Bertz CT molecular complexity index is 519. The van der Waals surface area contributed by atoms with Crippen molar-refractivity contribution in [1.82, 2.24) is 10.5 Å². The minimum Gasteiger partial charge on any atom is -0.455 e. The Kier molecular flexibility index (Phi) is 5.57. The highest BCUT2D eigenvalue weighted by Gasteiger charge is 2.23. The lowest BCUT2D eigenvalue weighted by Crippen LogP contribution is -2.43. The van der Waals surface area contributed by atoms with Gasteiger partial charge in [-0.05, 0) is 32.6 Å². The van der Waals surface area contributed by atoms with Crippen molar-refractivity contribution in [2.24, 2.45) is 5.92 Å². The molecule has 0 spiro atoms. The Hall–Kier alpha value is -1.85. The van der Waals surface area contributed by atoms with Crippen LogP contribution in [0.15, 0.2) is 4.52 Å². The van der Waals surface area contributed by atoms with E-state index >= 15 is 0 Å². The number of carbonyl (C=O) groups is 2. The van der Waals surface area contributed by atoms with E-state index < -0.39 is 5.97 Å². The van der Waals surface area contributed by atoms with Crippen molar-refractivity contribution in [1.29, 1.82) is 0 Å². The predicted molar refractivity (Wildman–Crippen MR) is 80.2 cm³/mol. The smallest absolute Gasteiger partial charge is 0.310 e. The average Bonchev–Trinajstić information content (AvgIpc) is 2.79. The fourth-order valence-electron chi connectivity index (χ4n) is 2.87. The largest absolute Gasteiger partial charge is 0.455 e. The summed E-state index contributed by atoms with van der Waals surface area (Å²) in [5.74, 6) is 0.415. The van der Waals surface area contributed by atoms with Crippen LogP contribution < -0.4 is 5.32 Å². The van der Waals surface area contributed by atoms with Crippen LogP contribution in [0.1, 0.15) is 49.6 Å². The molecule has 0 saturated heterocycles. The molecule has 1 aliphatic carbocycles. The van der Waals surface area contributed by atoms with Crippen LogP contribution in [0.5, 0.6) is 0 Å². The first-order chi connectivity index (χ1) is 10.5. The zero-order valence-electron chi connectivity index (χ0n) is 13.5. The van der Waals surface area contributed by atoms with Gasteiger partial charge in [-0.15, -0.1) is 0 Å². The maximum atomic E-state index is 11.9. The number of aryl methyl sites for hydroxylation is 2. The minimum atomic E-state index is -0.443. The standard InChI is InChI=1S/C16H24N2O4/c1-10-6-4-5-7-14(10)17-15(19)9-21-16(20)8-13-11(2)18-22-12(13)3/h10,14H,4-9H2,1-3H3,(H,17,19)/t10-,14-/m0/s1. The van der Waals surface area contributed by atoms with Crippen molar-refractivity contribution < 1.29 is 18.8 Å². The normalized spacial score (nSPS) is 21.4. The zero-order chi connectivity index (χ0) is 16.1. The van der Waals surface area contributed by atoms with Crippen LogP contribution in [0, 0.1) is 19.8 Å². The number of amides is 1. The first-order valence-electron chi connectivity index (χ1n) is 7.84. The molecule has 22 heavy (non-hydrogen) atoms. The summed E-state index contributed by atoms with van der Waals surface area (Å²) in [7, 11) is 0. The summed E-state index contributed by atoms with van der Waals surface area (Å²) >= 11 is 0. The third-order valence-corrected chi connectivity index (χ3v) is 4.32. The molecule has 1 aromatic rings. The van der Waals surface area contributed by atoms with Gasteiger partial charge in [-0.2, -0.15) is 0 Å². The second-order valence-electron chi connectivity index (χ2n) is 6.08. The number of nitrogens with one attached hydrogen (secondary N) is 1. The second kappa shape index (κ2) is 7.42. The highest BCUT2D eigenvalue weighted by atomic mass is 16.5. The maximum absolute atomic E-state index is 11.9. The first-order valence-corrected chi connectivity index (χ1v) is 7.84. The van der Waals surface area contributed by atoms with Crippen molar-refractivity contribution in [2.45, 2.75) is 58.9 Å². The quantitative estimate of drug-likeness (QED) is 0.842. The molecule has 0 radical (unpaired) electrons. The summed E-state index contributed by atoms with van der Waals surface area (Å²) in [6.45, 7) is 5.44. The van der Waals surface area contributed by atoms with Crippen LogP contribution in [-0.2, 0) is 20.7 Å². The molecule has 0 unspecified atom stereocenters. The van der Waals surface area contributed by atoms with Crippen LogP contribution in [-0.4, -0.2) is 29.7 Å². The van der Waals surface area contributed by atoms with E-state index in [1.165, 1.54) is 6.42 Å². The van der Waals surface area contributed by atoms with Gasteiger partial charge in [0.25, 0.3) is 5.91 Å². The van der Waals surface area contributed by atoms with E-state index in [-0.39, 0.29) is 25.0 Å². The van der Waals surface area contributed by atoms with Gasteiger partial charge in [-0.25, -0.2) is 0 Å². The number of rotatable bonds is 5. The van der Waals surface area contributed by atoms with Gasteiger partial charge >= 0.3 is 5.97 Å². The lowest BCUT2D eigenvalue weighted by atomic mass is 9.86. The van der Waals surface area contributed by atoms with Crippen LogP contribution >= 0.6 is 0 Å². The van der Waals surface area contributed by atoms with E-state index in [1.807, 2.05) is 0 Å². The number of ether oxygens (including phenoxy) is 1. The first kappa shape index (κ1) is 16.5. The molecule has 1 aliphatic rings. The number of carbonyl (C=O) groups excluding carboxylic acids is 2. The van der Waals surface area contributed by atoms with Crippen molar-refractivity contribution in [2.75, 3.05) is 6.61 Å². The number of nitrogens with zero attached hydrogens (tertiary/aromatic N) is 1. The molecule has 1 aromatic heterocycles. The summed E-state index contributed by atoms with van der Waals surface area (Å²) in [5.41, 5.74) is 1.40. The molecule has 1 fully saturated rings. The summed E-state index contributed by atoms with van der Waals surface area (Å²) in [4.78, 5) is 23.7. The molecule has 6 heteroatoms. The minimum absolute atomic E-state index is 0.0777. The number of esters is 1. The molecule has 0 bridgehead atoms. The van der Waals surface area contributed by atoms with Gasteiger partial charge in [0.1, 0.15) is 5.76 Å². The van der Waals surface area contributed by atoms with E-state index in [2.05, 4.69) is 17.4 Å². The van der Waals surface area contributed by atoms with E-state index in [9.17, 15) is 9.59 Å². The molecule has 1 heterocycles. The molecular formula is C16H24N2O4. The Morgan fingerprint density at radius 3 is 2.68 bits per heavy atom. The summed E-state index contributed by atoms with van der Waals surface area (Å²) in [6.07, 6.45) is 4.58. The molecule has 0 aromatic carbocycles. The lowest BCUT2D eigenvalue weighted by molar-refractivity contribution is -0.148. The summed E-state index contributed by atoms with van der Waals surface area (Å²) < 4.78 is 10.0. The van der Waals surface area contributed by atoms with Crippen molar-refractivity contribution >= 4 is 11.9 Å². The van der Waals surface area contributed by atoms with Gasteiger partial charge in [0, 0.05) is 11.6 Å². The third-order valence-electron chi connectivity index (χ3n) is 4.32. The molecule has 122 valence electrons. The van der Waals surface area contributed by atoms with Crippen LogP contribution in [0.25, 0.3) is 0 Å². The van der Waals surface area contributed by atoms with Gasteiger partial charge < -0.3 is 14.6 Å². The van der Waals surface area contributed by atoms with Crippen molar-refractivity contribution in [3.63, 3.8) is 0 Å². The fraction of sp³-hybridized carbons (Fsp3) is 0.688. The van der Waals surface area contributed by atoms with E-state index in [0.717, 1.165) is 24.8 Å². The Balaban J connectivity index is 1.75. The Morgan fingerprint density at radius 1 is 1.32 bits per heavy atom. The predicted octanol–water partition coefficient (Wildman–Crippen LogP) is 2.07. The Morgan fingerprint density at radius 2 is 2.05 bits per heavy atom. The summed E-state index contributed by atoms with van der Waals surface area (Å²) in [5, 5.41) is 6.75. The van der Waals surface area contributed by atoms with Gasteiger partial charge in [0.15, 0.2) is 6.61 Å². The van der Waals surface area contributed by atoms with Gasteiger partial charge in [0.2, 0.25) is 0 Å². The van der Waals surface area contributed by atoms with Crippen LogP contribution in [0.4, 0.5) is 0 Å². The van der Waals surface area contributed by atoms with Gasteiger partial charge in [0.05, 0.1) is 12.1 Å². The molecule has 0 aliphatic heterocycles. The molecule has 2 rings (SSSR count). The number of hydrogen-bond acceptors (Lipinski definition) is 5. The molecule has 1 saturated carbocycles. The van der Waals surface area contributed by atoms with Crippen LogP contribution in [0.2, 0.25) is 0 Å². The zero-order valence-corrected chi connectivity index (χ0v) is 13.5. The SMILES string of the molecule is Cc1noc(C)c1CC(=O)OCC(=O)N[C@H]1CCCC[C@@H]1C. The lowest BCUT2D eigenvalue weighted by Gasteiger charge is -2.29. The molecule has 2 atom stereocenters. The summed E-state index contributed by atoms with van der Waals surface area (Å²) in [6, 6.07) is 0.197. The van der Waals surface area contributed by atoms with Crippen molar-refractivity contribution in [3.8, 4) is 0 Å². The van der Waals surface area contributed by atoms with E-state index in [1.54, 1.807) is 13.8 Å². The second-order valence-corrected chi connectivity index (χ2v) is 6.08. The van der Waals surface area contributed by atoms with Gasteiger partial charge in [-0.3, -0.25) is 9.59 Å². The number of hydrogen-bond donors (Lipinski definition) is 1. The van der Waals surface area contributed by atoms with Crippen molar-refractivity contribution in [3.05, 3.63) is 17.0 Å². The topological polar surface area (TPSA) is 81.4 Å². The highest BCUT2D eigenvalue weighted by Crippen LogP contribution is 2.23. The number of aromatic nitrogens is 1. The maximum Gasteiger partial charge on any atom is 0.310 e. The highest BCUT2D eigenvalue weighted by molar-refractivity contribution is 5.81. The molecule has 6 nitrogen and oxygen atoms in total. The van der Waals surface area contributed by atoms with E-state index in [4.69, 9.17) is 9.26 Å². The third kappa shape index (κ3) is 4.32. The molecule has 1 N–H and O–H groups in total. The van der Waals surface area contributed by atoms with E-state index in [0.29, 0.717) is 17.4 Å². The average molecular weight is 308 g/mol. The van der Waals surface area contributed by atoms with Gasteiger partial charge in [-0.1, -0.05) is 24.9 Å².